The maximum absolute atomic E-state index is 5.79. The Morgan fingerprint density at radius 3 is 2.79 bits per heavy atom. The summed E-state index contributed by atoms with van der Waals surface area (Å²) in [6.45, 7) is 0. The molecule has 0 spiro atoms. The summed E-state index contributed by atoms with van der Waals surface area (Å²) in [5.41, 5.74) is 12.6. The van der Waals surface area contributed by atoms with Crippen molar-refractivity contribution < 1.29 is 0 Å². The quantitative estimate of drug-likeness (QED) is 0.606. The standard InChI is InChI=1S/C11H9N3/c1-2-7-3-4-8-6-14-11(13)10(12)9(8)5-7/h1,3-6H,12H2,(H2,13,14). The van der Waals surface area contributed by atoms with Gasteiger partial charge in [-0.1, -0.05) is 12.0 Å². The molecule has 0 aliphatic carbocycles. The van der Waals surface area contributed by atoms with Crippen molar-refractivity contribution in [3.8, 4) is 12.3 Å². The van der Waals surface area contributed by atoms with Crippen LogP contribution in [-0.4, -0.2) is 4.98 Å². The summed E-state index contributed by atoms with van der Waals surface area (Å²) in [6, 6.07) is 5.57. The first-order valence-corrected chi connectivity index (χ1v) is 4.12. The van der Waals surface area contributed by atoms with E-state index in [1.54, 1.807) is 6.20 Å². The molecule has 0 aliphatic rings. The van der Waals surface area contributed by atoms with Crippen molar-refractivity contribution in [3.05, 3.63) is 30.0 Å². The van der Waals surface area contributed by atoms with E-state index in [2.05, 4.69) is 10.9 Å². The maximum Gasteiger partial charge on any atom is 0.147 e. The van der Waals surface area contributed by atoms with E-state index >= 15 is 0 Å². The minimum Gasteiger partial charge on any atom is -0.395 e. The molecule has 2 aromatic rings. The number of hydrogen-bond donors (Lipinski definition) is 2. The van der Waals surface area contributed by atoms with Crippen molar-refractivity contribution >= 4 is 22.3 Å². The normalized spacial score (nSPS) is 9.93. The van der Waals surface area contributed by atoms with Crippen LogP contribution in [0.2, 0.25) is 0 Å². The van der Waals surface area contributed by atoms with Gasteiger partial charge in [-0.05, 0) is 12.1 Å². The van der Waals surface area contributed by atoms with E-state index in [4.69, 9.17) is 17.9 Å². The molecule has 14 heavy (non-hydrogen) atoms. The Kier molecular flexibility index (Phi) is 1.76. The van der Waals surface area contributed by atoms with Crippen LogP contribution in [-0.2, 0) is 0 Å². The van der Waals surface area contributed by atoms with Gasteiger partial charge in [0.15, 0.2) is 0 Å². The molecule has 1 aromatic carbocycles. The number of anilines is 2. The van der Waals surface area contributed by atoms with E-state index in [1.165, 1.54) is 0 Å². The second-order valence-electron chi connectivity index (χ2n) is 3.00. The highest BCUT2D eigenvalue weighted by Gasteiger charge is 2.02. The SMILES string of the molecule is C#Cc1ccc2cnc(N)c(N)c2c1. The van der Waals surface area contributed by atoms with Crippen molar-refractivity contribution in [2.24, 2.45) is 0 Å². The zero-order chi connectivity index (χ0) is 10.1. The molecule has 1 heterocycles. The fraction of sp³-hybridized carbons (Fsp3) is 0. The predicted octanol–water partition coefficient (Wildman–Crippen LogP) is 1.38. The Morgan fingerprint density at radius 1 is 1.29 bits per heavy atom. The van der Waals surface area contributed by atoms with Gasteiger partial charge in [0.1, 0.15) is 5.82 Å². The number of aromatic nitrogens is 1. The van der Waals surface area contributed by atoms with Crippen molar-refractivity contribution in [2.45, 2.75) is 0 Å². The van der Waals surface area contributed by atoms with Gasteiger partial charge < -0.3 is 11.5 Å². The molecule has 0 fully saturated rings. The summed E-state index contributed by atoms with van der Waals surface area (Å²) in [5.74, 6) is 2.89. The van der Waals surface area contributed by atoms with Crippen molar-refractivity contribution in [1.29, 1.82) is 0 Å². The number of nitrogen functional groups attached to an aromatic ring is 2. The van der Waals surface area contributed by atoms with Gasteiger partial charge in [0, 0.05) is 22.5 Å². The molecule has 0 saturated heterocycles. The number of terminal acetylenes is 1. The van der Waals surface area contributed by atoms with E-state index in [9.17, 15) is 0 Å². The largest absolute Gasteiger partial charge is 0.395 e. The second kappa shape index (κ2) is 2.93. The van der Waals surface area contributed by atoms with Gasteiger partial charge in [0.25, 0.3) is 0 Å². The van der Waals surface area contributed by atoms with Crippen LogP contribution in [0.1, 0.15) is 5.56 Å². The van der Waals surface area contributed by atoms with Gasteiger partial charge in [0.05, 0.1) is 5.69 Å². The fourth-order valence-corrected chi connectivity index (χ4v) is 1.34. The number of rotatable bonds is 0. The van der Waals surface area contributed by atoms with E-state index in [0.29, 0.717) is 11.5 Å². The Morgan fingerprint density at radius 2 is 2.07 bits per heavy atom. The van der Waals surface area contributed by atoms with Crippen molar-refractivity contribution in [3.63, 3.8) is 0 Å². The zero-order valence-electron chi connectivity index (χ0n) is 7.49. The number of pyridine rings is 1. The van der Waals surface area contributed by atoms with Crippen LogP contribution in [0.15, 0.2) is 24.4 Å². The summed E-state index contributed by atoms with van der Waals surface area (Å²) in [4.78, 5) is 3.96. The first-order chi connectivity index (χ1) is 6.72. The molecule has 68 valence electrons. The molecule has 0 unspecified atom stereocenters. The first-order valence-electron chi connectivity index (χ1n) is 4.12. The van der Waals surface area contributed by atoms with Crippen LogP contribution >= 0.6 is 0 Å². The van der Waals surface area contributed by atoms with E-state index in [-0.39, 0.29) is 0 Å². The Labute approximate surface area is 81.7 Å². The lowest BCUT2D eigenvalue weighted by Gasteiger charge is -2.04. The number of fused-ring (bicyclic) bond motifs is 1. The van der Waals surface area contributed by atoms with E-state index in [1.807, 2.05) is 18.2 Å². The van der Waals surface area contributed by atoms with Gasteiger partial charge in [-0.3, -0.25) is 0 Å². The van der Waals surface area contributed by atoms with Crippen LogP contribution in [0.3, 0.4) is 0 Å². The highest BCUT2D eigenvalue weighted by molar-refractivity contribution is 5.97. The summed E-state index contributed by atoms with van der Waals surface area (Å²) in [6.07, 6.45) is 6.97. The minimum atomic E-state index is 0.340. The Hall–Kier alpha value is -2.21. The lowest BCUT2D eigenvalue weighted by molar-refractivity contribution is 1.37. The third kappa shape index (κ3) is 1.14. The van der Waals surface area contributed by atoms with Crippen LogP contribution in [0.5, 0.6) is 0 Å². The molecule has 0 radical (unpaired) electrons. The number of nitrogens with zero attached hydrogens (tertiary/aromatic N) is 1. The molecule has 3 heteroatoms. The molecular weight excluding hydrogens is 174 g/mol. The average Bonchev–Trinajstić information content (AvgIpc) is 2.23. The number of benzene rings is 1. The van der Waals surface area contributed by atoms with Crippen LogP contribution in [0.4, 0.5) is 11.5 Å². The first kappa shape index (κ1) is 8.39. The van der Waals surface area contributed by atoms with Crippen LogP contribution in [0.25, 0.3) is 10.8 Å². The second-order valence-corrected chi connectivity index (χ2v) is 3.00. The third-order valence-corrected chi connectivity index (χ3v) is 2.13. The van der Waals surface area contributed by atoms with Gasteiger partial charge >= 0.3 is 0 Å². The highest BCUT2D eigenvalue weighted by Crippen LogP contribution is 2.24. The average molecular weight is 183 g/mol. The predicted molar refractivity (Wildman–Crippen MR) is 58.5 cm³/mol. The summed E-state index contributed by atoms with van der Waals surface area (Å²) >= 11 is 0. The Bertz CT molecular complexity index is 538. The lowest BCUT2D eigenvalue weighted by Crippen LogP contribution is -1.98. The third-order valence-electron chi connectivity index (χ3n) is 2.13. The van der Waals surface area contributed by atoms with Gasteiger partial charge in [-0.2, -0.15) is 0 Å². The molecular formula is C11H9N3. The molecule has 3 nitrogen and oxygen atoms in total. The van der Waals surface area contributed by atoms with Gasteiger partial charge in [0.2, 0.25) is 0 Å². The van der Waals surface area contributed by atoms with Crippen LogP contribution < -0.4 is 11.5 Å². The van der Waals surface area contributed by atoms with E-state index in [0.717, 1.165) is 16.3 Å². The molecule has 0 saturated carbocycles. The van der Waals surface area contributed by atoms with Gasteiger partial charge in [-0.15, -0.1) is 6.42 Å². The Balaban J connectivity index is 2.86. The van der Waals surface area contributed by atoms with E-state index < -0.39 is 0 Å². The number of nitrogens with two attached hydrogens (primary N) is 2. The summed E-state index contributed by atoms with van der Waals surface area (Å²) < 4.78 is 0. The number of hydrogen-bond acceptors (Lipinski definition) is 3. The lowest BCUT2D eigenvalue weighted by atomic mass is 10.1. The zero-order valence-corrected chi connectivity index (χ0v) is 7.49. The molecule has 0 atom stereocenters. The fourth-order valence-electron chi connectivity index (χ4n) is 1.34. The van der Waals surface area contributed by atoms with Crippen molar-refractivity contribution in [1.82, 2.24) is 4.98 Å². The minimum absolute atomic E-state index is 0.340. The van der Waals surface area contributed by atoms with Crippen molar-refractivity contribution in [2.75, 3.05) is 11.5 Å². The summed E-state index contributed by atoms with van der Waals surface area (Å²) in [7, 11) is 0. The molecule has 0 amide bonds. The molecule has 2 rings (SSSR count). The summed E-state index contributed by atoms with van der Waals surface area (Å²) in [5, 5.41) is 1.80. The van der Waals surface area contributed by atoms with Gasteiger partial charge in [-0.25, -0.2) is 4.98 Å². The monoisotopic (exact) mass is 183 g/mol. The smallest absolute Gasteiger partial charge is 0.147 e. The van der Waals surface area contributed by atoms with Crippen LogP contribution in [0, 0.1) is 12.3 Å². The molecule has 0 bridgehead atoms. The maximum atomic E-state index is 5.79. The molecule has 1 aromatic heterocycles. The molecule has 0 aliphatic heterocycles. The molecule has 4 N–H and O–H groups in total. The topological polar surface area (TPSA) is 64.9 Å². The highest BCUT2D eigenvalue weighted by atomic mass is 14.9.